The fourth-order valence-electron chi connectivity index (χ4n) is 4.40. The Labute approximate surface area is 208 Å². The molecule has 0 radical (unpaired) electrons. The first-order valence-corrected chi connectivity index (χ1v) is 11.8. The van der Waals surface area contributed by atoms with E-state index in [4.69, 9.17) is 28.2 Å². The van der Waals surface area contributed by atoms with Crippen LogP contribution in [0.25, 0.3) is 55.1 Å². The third kappa shape index (κ3) is 4.05. The van der Waals surface area contributed by atoms with E-state index in [0.29, 0.717) is 10.0 Å². The summed E-state index contributed by atoms with van der Waals surface area (Å²) >= 11 is 12.4. The average Bonchev–Trinajstić information content (AvgIpc) is 2.87. The van der Waals surface area contributed by atoms with Gasteiger partial charge in [0.25, 0.3) is 0 Å². The monoisotopic (exact) mass is 475 g/mol. The van der Waals surface area contributed by atoms with E-state index in [-0.39, 0.29) is 0 Å². The highest BCUT2D eigenvalue weighted by atomic mass is 35.5. The minimum absolute atomic E-state index is 0.623. The zero-order valence-electron chi connectivity index (χ0n) is 18.2. The summed E-state index contributed by atoms with van der Waals surface area (Å²) in [6.07, 6.45) is 1.93. The van der Waals surface area contributed by atoms with Crippen LogP contribution in [0, 0.1) is 0 Å². The molecular weight excluding hydrogens is 457 g/mol. The maximum Gasteiger partial charge on any atom is 0.0708 e. The Morgan fingerprint density at radius 1 is 0.412 bits per heavy atom. The van der Waals surface area contributed by atoms with Crippen LogP contribution in [0.5, 0.6) is 0 Å². The molecule has 34 heavy (non-hydrogen) atoms. The van der Waals surface area contributed by atoms with Crippen LogP contribution < -0.4 is 0 Å². The van der Waals surface area contributed by atoms with Crippen LogP contribution in [0.2, 0.25) is 10.0 Å². The van der Waals surface area contributed by atoms with Crippen molar-refractivity contribution in [3.8, 4) is 33.4 Å². The molecule has 6 aromatic rings. The van der Waals surface area contributed by atoms with Gasteiger partial charge in [-0.15, -0.1) is 0 Å². The van der Waals surface area contributed by atoms with Crippen LogP contribution in [0.1, 0.15) is 0 Å². The minimum atomic E-state index is 0.623. The van der Waals surface area contributed by atoms with E-state index in [1.165, 1.54) is 21.9 Å². The minimum Gasteiger partial charge on any atom is -0.256 e. The van der Waals surface area contributed by atoms with Gasteiger partial charge in [-0.05, 0) is 75.0 Å². The number of pyridine rings is 1. The van der Waals surface area contributed by atoms with Crippen molar-refractivity contribution in [2.75, 3.05) is 0 Å². The second-order valence-corrected chi connectivity index (χ2v) is 9.30. The molecule has 5 aromatic carbocycles. The van der Waals surface area contributed by atoms with Gasteiger partial charge < -0.3 is 0 Å². The molecule has 0 saturated heterocycles. The van der Waals surface area contributed by atoms with Crippen molar-refractivity contribution in [3.63, 3.8) is 0 Å². The van der Waals surface area contributed by atoms with Gasteiger partial charge in [-0.1, -0.05) is 96.0 Å². The second kappa shape index (κ2) is 8.61. The van der Waals surface area contributed by atoms with Crippen molar-refractivity contribution >= 4 is 44.9 Å². The van der Waals surface area contributed by atoms with Crippen molar-refractivity contribution in [3.05, 3.63) is 125 Å². The van der Waals surface area contributed by atoms with Crippen LogP contribution in [0.4, 0.5) is 0 Å². The van der Waals surface area contributed by atoms with Crippen LogP contribution in [-0.2, 0) is 0 Å². The third-order valence-corrected chi connectivity index (χ3v) is 6.62. The Morgan fingerprint density at radius 2 is 0.971 bits per heavy atom. The molecule has 1 nitrogen and oxygen atoms in total. The summed E-state index contributed by atoms with van der Waals surface area (Å²) < 4.78 is 0. The molecule has 0 spiro atoms. The number of halogens is 2. The number of aromatic nitrogens is 1. The molecule has 0 saturated carbocycles. The summed E-state index contributed by atoms with van der Waals surface area (Å²) in [6.45, 7) is 0. The van der Waals surface area contributed by atoms with Gasteiger partial charge in [0.15, 0.2) is 0 Å². The Kier molecular flexibility index (Phi) is 5.30. The topological polar surface area (TPSA) is 12.9 Å². The molecule has 0 fully saturated rings. The third-order valence-electron chi connectivity index (χ3n) is 6.18. The van der Waals surface area contributed by atoms with Gasteiger partial charge >= 0.3 is 0 Å². The lowest BCUT2D eigenvalue weighted by Gasteiger charge is -2.09. The zero-order chi connectivity index (χ0) is 23.1. The van der Waals surface area contributed by atoms with Crippen LogP contribution in [0.15, 0.2) is 115 Å². The maximum atomic E-state index is 6.18. The van der Waals surface area contributed by atoms with Crippen LogP contribution in [0.3, 0.4) is 0 Å². The molecule has 0 N–H and O–H groups in total. The lowest BCUT2D eigenvalue weighted by atomic mass is 9.98. The van der Waals surface area contributed by atoms with Crippen LogP contribution >= 0.6 is 23.2 Å². The lowest BCUT2D eigenvalue weighted by Crippen LogP contribution is -1.86. The fraction of sp³-hybridized carbons (Fsp3) is 0. The van der Waals surface area contributed by atoms with E-state index < -0.39 is 0 Å². The molecule has 6 rings (SSSR count). The summed E-state index contributed by atoms with van der Waals surface area (Å²) in [7, 11) is 0. The van der Waals surface area contributed by atoms with Crippen molar-refractivity contribution in [1.82, 2.24) is 4.98 Å². The molecule has 0 aliphatic carbocycles. The molecule has 0 bridgehead atoms. The van der Waals surface area contributed by atoms with E-state index >= 15 is 0 Å². The highest BCUT2D eigenvalue weighted by Crippen LogP contribution is 2.31. The first-order chi connectivity index (χ1) is 16.6. The number of nitrogens with zero attached hydrogens (tertiary/aromatic N) is 1. The lowest BCUT2D eigenvalue weighted by molar-refractivity contribution is 1.41. The number of fused-ring (bicyclic) bond motifs is 2. The molecule has 1 aromatic heterocycles. The molecule has 162 valence electrons. The number of hydrogen-bond donors (Lipinski definition) is 0. The highest BCUT2D eigenvalue weighted by Gasteiger charge is 2.07. The number of rotatable bonds is 3. The smallest absolute Gasteiger partial charge is 0.0708 e. The van der Waals surface area contributed by atoms with Gasteiger partial charge in [-0.2, -0.15) is 0 Å². The number of benzene rings is 5. The molecule has 0 aliphatic rings. The fourth-order valence-corrected chi connectivity index (χ4v) is 4.93. The van der Waals surface area contributed by atoms with Crippen LogP contribution in [-0.4, -0.2) is 4.98 Å². The normalized spacial score (nSPS) is 11.2. The molecule has 0 amide bonds. The van der Waals surface area contributed by atoms with Gasteiger partial charge in [0.05, 0.1) is 5.52 Å². The molecular formula is C31H19Cl2N. The molecule has 0 aliphatic heterocycles. The summed E-state index contributed by atoms with van der Waals surface area (Å²) in [5, 5.41) is 4.85. The zero-order valence-corrected chi connectivity index (χ0v) is 19.7. The average molecular weight is 476 g/mol. The largest absolute Gasteiger partial charge is 0.256 e. The van der Waals surface area contributed by atoms with Crippen molar-refractivity contribution < 1.29 is 0 Å². The standard InChI is InChI=1S/C31H19Cl2N/c32-29-15-27(16-30(33)18-29)25-11-12-26-14-28(19-34-31(26)17-25)22-7-5-21(6-8-22)24-10-9-20-3-1-2-4-23(20)13-24/h1-19H. The predicted molar refractivity (Wildman–Crippen MR) is 146 cm³/mol. The van der Waals surface area contributed by atoms with Gasteiger partial charge in [0.2, 0.25) is 0 Å². The molecule has 0 atom stereocenters. The second-order valence-electron chi connectivity index (χ2n) is 8.43. The Balaban J connectivity index is 1.31. The number of hydrogen-bond acceptors (Lipinski definition) is 1. The summed E-state index contributed by atoms with van der Waals surface area (Å²) in [4.78, 5) is 4.74. The summed E-state index contributed by atoms with van der Waals surface area (Å²) in [5.74, 6) is 0. The van der Waals surface area contributed by atoms with Gasteiger partial charge in [-0.25, -0.2) is 0 Å². The predicted octanol–water partition coefficient (Wildman–Crippen LogP) is 9.70. The van der Waals surface area contributed by atoms with Crippen molar-refractivity contribution in [1.29, 1.82) is 0 Å². The quantitative estimate of drug-likeness (QED) is 0.248. The Bertz CT molecular complexity index is 1650. The summed E-state index contributed by atoms with van der Waals surface area (Å²) in [5.41, 5.74) is 7.61. The molecule has 0 unspecified atom stereocenters. The van der Waals surface area contributed by atoms with E-state index in [2.05, 4.69) is 91.0 Å². The van der Waals surface area contributed by atoms with Gasteiger partial charge in [-0.3, -0.25) is 4.98 Å². The Hall–Kier alpha value is -3.65. The van der Waals surface area contributed by atoms with E-state index in [9.17, 15) is 0 Å². The summed E-state index contributed by atoms with van der Waals surface area (Å²) in [6, 6.07) is 37.7. The van der Waals surface area contributed by atoms with Crippen molar-refractivity contribution in [2.45, 2.75) is 0 Å². The van der Waals surface area contributed by atoms with Gasteiger partial charge in [0, 0.05) is 27.2 Å². The van der Waals surface area contributed by atoms with Gasteiger partial charge in [0.1, 0.15) is 0 Å². The highest BCUT2D eigenvalue weighted by molar-refractivity contribution is 6.35. The first kappa shape index (κ1) is 20.9. The van der Waals surface area contributed by atoms with Crippen molar-refractivity contribution in [2.24, 2.45) is 0 Å². The first-order valence-electron chi connectivity index (χ1n) is 11.1. The molecule has 3 heteroatoms. The van der Waals surface area contributed by atoms with E-state index in [1.54, 1.807) is 6.07 Å². The maximum absolute atomic E-state index is 6.18. The van der Waals surface area contributed by atoms with E-state index in [1.807, 2.05) is 18.3 Å². The SMILES string of the molecule is Clc1cc(Cl)cc(-c2ccc3cc(-c4ccc(-c5ccc6ccccc6c5)cc4)cnc3c2)c1. The Morgan fingerprint density at radius 3 is 1.71 bits per heavy atom. The molecule has 1 heterocycles. The van der Waals surface area contributed by atoms with E-state index in [0.717, 1.165) is 33.2 Å².